The van der Waals surface area contributed by atoms with Crippen molar-refractivity contribution in [3.63, 3.8) is 0 Å². The molecule has 0 saturated heterocycles. The van der Waals surface area contributed by atoms with E-state index in [9.17, 15) is 18.3 Å². The van der Waals surface area contributed by atoms with Gasteiger partial charge >= 0.3 is 5.97 Å². The summed E-state index contributed by atoms with van der Waals surface area (Å²) in [6, 6.07) is 2.98. The van der Waals surface area contributed by atoms with Crippen LogP contribution in [0.1, 0.15) is 36.0 Å². The molecule has 2 rings (SSSR count). The van der Waals surface area contributed by atoms with E-state index in [1.807, 2.05) is 0 Å². The Kier molecular flexibility index (Phi) is 4.76. The number of carbonyl (C=O) groups is 1. The monoisotopic (exact) mass is 425 g/mol. The van der Waals surface area contributed by atoms with Crippen LogP contribution in [0.15, 0.2) is 21.1 Å². The van der Waals surface area contributed by atoms with Crippen LogP contribution in [0.2, 0.25) is 0 Å². The lowest BCUT2D eigenvalue weighted by Gasteiger charge is -2.16. The number of sulfonamides is 1. The molecule has 1 saturated carbocycles. The van der Waals surface area contributed by atoms with Crippen LogP contribution in [-0.4, -0.2) is 24.7 Å². The maximum atomic E-state index is 12.3. The van der Waals surface area contributed by atoms with E-state index in [2.05, 4.69) is 36.6 Å². The van der Waals surface area contributed by atoms with Crippen molar-refractivity contribution in [1.82, 2.24) is 0 Å². The summed E-state index contributed by atoms with van der Waals surface area (Å²) in [6.45, 7) is 0. The molecule has 0 radical (unpaired) electrons. The molecule has 20 heavy (non-hydrogen) atoms. The van der Waals surface area contributed by atoms with Gasteiger partial charge in [0.2, 0.25) is 10.0 Å². The summed E-state index contributed by atoms with van der Waals surface area (Å²) in [5.74, 6) is -1.18. The molecule has 0 amide bonds. The maximum absolute atomic E-state index is 12.3. The van der Waals surface area contributed by atoms with Crippen molar-refractivity contribution < 1.29 is 18.3 Å². The summed E-state index contributed by atoms with van der Waals surface area (Å²) < 4.78 is 27.9. The second-order valence-corrected chi connectivity index (χ2v) is 8.40. The lowest BCUT2D eigenvalue weighted by Crippen LogP contribution is -2.26. The number of carboxylic acid groups (broad SMARTS) is 1. The highest BCUT2D eigenvalue weighted by atomic mass is 79.9. The highest BCUT2D eigenvalue weighted by molar-refractivity contribution is 9.11. The first kappa shape index (κ1) is 15.8. The molecule has 8 heteroatoms. The number of carboxylic acids is 1. The largest absolute Gasteiger partial charge is 0.478 e. The number of aromatic carboxylic acids is 1. The predicted molar refractivity (Wildman–Crippen MR) is 83.6 cm³/mol. The van der Waals surface area contributed by atoms with Gasteiger partial charge in [0.15, 0.2) is 0 Å². The fraction of sp³-hybridized carbons (Fsp3) is 0.417. The van der Waals surface area contributed by atoms with Crippen molar-refractivity contribution in [3.8, 4) is 0 Å². The fourth-order valence-corrected chi connectivity index (χ4v) is 5.35. The van der Waals surface area contributed by atoms with Crippen molar-refractivity contribution in [3.05, 3.63) is 26.6 Å². The van der Waals surface area contributed by atoms with Crippen molar-refractivity contribution in [1.29, 1.82) is 0 Å². The molecule has 0 spiro atoms. The number of rotatable bonds is 4. The lowest BCUT2D eigenvalue weighted by molar-refractivity contribution is 0.0698. The summed E-state index contributed by atoms with van der Waals surface area (Å²) >= 11 is 6.40. The van der Waals surface area contributed by atoms with Gasteiger partial charge in [-0.2, -0.15) is 0 Å². The number of halogens is 2. The molecule has 0 unspecified atom stereocenters. The molecule has 1 aliphatic rings. The van der Waals surface area contributed by atoms with Crippen LogP contribution in [0, 0.1) is 0 Å². The van der Waals surface area contributed by atoms with E-state index < -0.39 is 21.2 Å². The van der Waals surface area contributed by atoms with Gasteiger partial charge in [-0.1, -0.05) is 28.8 Å². The van der Waals surface area contributed by atoms with Crippen molar-refractivity contribution in [2.24, 2.45) is 0 Å². The molecule has 1 aliphatic carbocycles. The fourth-order valence-electron chi connectivity index (χ4n) is 2.27. The molecular formula is C12H13Br2NO4S. The number of nitrogens with one attached hydrogen (secondary N) is 1. The second-order valence-electron chi connectivity index (χ2n) is 4.67. The summed E-state index contributed by atoms with van der Waals surface area (Å²) in [5, 5.41) is 8.76. The quantitative estimate of drug-likeness (QED) is 0.770. The maximum Gasteiger partial charge on any atom is 0.337 e. The van der Waals surface area contributed by atoms with Crippen LogP contribution in [0.3, 0.4) is 0 Å². The minimum absolute atomic E-state index is 0.0765. The van der Waals surface area contributed by atoms with Gasteiger partial charge in [-0.15, -0.1) is 0 Å². The summed E-state index contributed by atoms with van der Waals surface area (Å²) in [6.07, 6.45) is 3.01. The van der Waals surface area contributed by atoms with Gasteiger partial charge in [-0.05, 0) is 40.9 Å². The number of hydrogen-bond donors (Lipinski definition) is 2. The van der Waals surface area contributed by atoms with Gasteiger partial charge in [0.1, 0.15) is 0 Å². The number of anilines is 1. The Morgan fingerprint density at radius 3 is 2.40 bits per heavy atom. The van der Waals surface area contributed by atoms with Gasteiger partial charge < -0.3 is 5.11 Å². The van der Waals surface area contributed by atoms with Crippen LogP contribution >= 0.6 is 31.9 Å². The topological polar surface area (TPSA) is 83.5 Å². The molecule has 0 heterocycles. The van der Waals surface area contributed by atoms with E-state index in [0.29, 0.717) is 21.8 Å². The lowest BCUT2D eigenvalue weighted by atomic mass is 10.2. The summed E-state index contributed by atoms with van der Waals surface area (Å²) in [7, 11) is -3.56. The van der Waals surface area contributed by atoms with Crippen LogP contribution in [0.4, 0.5) is 5.69 Å². The minimum atomic E-state index is -3.56. The number of hydrogen-bond acceptors (Lipinski definition) is 3. The molecule has 0 bridgehead atoms. The summed E-state index contributed by atoms with van der Waals surface area (Å²) in [4.78, 5) is 11.3. The smallest absolute Gasteiger partial charge is 0.337 e. The second kappa shape index (κ2) is 6.03. The molecule has 0 aromatic heterocycles. The molecule has 1 aromatic carbocycles. The van der Waals surface area contributed by atoms with Crippen molar-refractivity contribution in [2.75, 3.05) is 4.72 Å². The molecular weight excluding hydrogens is 414 g/mol. The normalized spacial score (nSPS) is 16.3. The average molecular weight is 427 g/mol. The first-order valence-corrected chi connectivity index (χ1v) is 9.18. The van der Waals surface area contributed by atoms with Gasteiger partial charge in [0.25, 0.3) is 0 Å². The summed E-state index contributed by atoms with van der Waals surface area (Å²) in [5.41, 5.74) is -0.0135. The van der Waals surface area contributed by atoms with Crippen molar-refractivity contribution >= 4 is 53.5 Å². The van der Waals surface area contributed by atoms with Gasteiger partial charge in [0, 0.05) is 8.95 Å². The first-order valence-electron chi connectivity index (χ1n) is 6.05. The Morgan fingerprint density at radius 1 is 1.25 bits per heavy atom. The van der Waals surface area contributed by atoms with Gasteiger partial charge in [-0.3, -0.25) is 4.72 Å². The van der Waals surface area contributed by atoms with Gasteiger partial charge in [-0.25, -0.2) is 13.2 Å². The Labute approximate surface area is 134 Å². The SMILES string of the molecule is O=C(O)c1cc(Br)cc(Br)c1NS(=O)(=O)C1CCCC1. The third kappa shape index (κ3) is 3.35. The molecule has 2 N–H and O–H groups in total. The van der Waals surface area contributed by atoms with Crippen LogP contribution in [0.25, 0.3) is 0 Å². The Balaban J connectivity index is 2.40. The molecule has 1 fully saturated rings. The zero-order valence-electron chi connectivity index (χ0n) is 10.4. The molecule has 5 nitrogen and oxygen atoms in total. The minimum Gasteiger partial charge on any atom is -0.478 e. The third-order valence-electron chi connectivity index (χ3n) is 3.27. The van der Waals surface area contributed by atoms with E-state index in [1.54, 1.807) is 6.07 Å². The van der Waals surface area contributed by atoms with Gasteiger partial charge in [0.05, 0.1) is 16.5 Å². The van der Waals surface area contributed by atoms with E-state index in [1.165, 1.54) is 6.07 Å². The number of benzene rings is 1. The zero-order valence-corrected chi connectivity index (χ0v) is 14.4. The van der Waals surface area contributed by atoms with E-state index in [-0.39, 0.29) is 11.3 Å². The van der Waals surface area contributed by atoms with E-state index in [0.717, 1.165) is 12.8 Å². The Hall–Kier alpha value is -0.600. The molecule has 1 aromatic rings. The predicted octanol–water partition coefficient (Wildman–Crippen LogP) is 3.59. The van der Waals surface area contributed by atoms with Crippen molar-refractivity contribution in [2.45, 2.75) is 30.9 Å². The zero-order chi connectivity index (χ0) is 14.9. The standard InChI is InChI=1S/C12H13Br2NO4S/c13-7-5-9(12(16)17)11(10(14)6-7)15-20(18,19)8-3-1-2-4-8/h5-6,8,15H,1-4H2,(H,16,17). The van der Waals surface area contributed by atoms with Crippen LogP contribution < -0.4 is 4.72 Å². The molecule has 0 aliphatic heterocycles. The highest BCUT2D eigenvalue weighted by Crippen LogP contribution is 2.34. The van der Waals surface area contributed by atoms with Crippen LogP contribution in [-0.2, 0) is 10.0 Å². The van der Waals surface area contributed by atoms with Crippen LogP contribution in [0.5, 0.6) is 0 Å². The average Bonchev–Trinajstić information content (AvgIpc) is 2.86. The third-order valence-corrected chi connectivity index (χ3v) is 6.19. The molecule has 110 valence electrons. The Morgan fingerprint density at radius 2 is 1.85 bits per heavy atom. The molecule has 0 atom stereocenters. The first-order chi connectivity index (χ1) is 9.31. The highest BCUT2D eigenvalue weighted by Gasteiger charge is 2.30. The van der Waals surface area contributed by atoms with E-state index >= 15 is 0 Å². The van der Waals surface area contributed by atoms with E-state index in [4.69, 9.17) is 0 Å². The Bertz CT molecular complexity index is 639.